The van der Waals surface area contributed by atoms with E-state index in [0.717, 1.165) is 25.2 Å². The molecule has 0 radical (unpaired) electrons. The summed E-state index contributed by atoms with van der Waals surface area (Å²) in [5, 5.41) is 4.62. The van der Waals surface area contributed by atoms with Crippen LogP contribution in [0.25, 0.3) is 10.9 Å². The second-order valence-corrected chi connectivity index (χ2v) is 4.89. The monoisotopic (exact) mass is 265 g/mol. The highest BCUT2D eigenvalue weighted by molar-refractivity contribution is 5.81. The smallest absolute Gasteiger partial charge is 0.0705 e. The van der Waals surface area contributed by atoms with E-state index >= 15 is 0 Å². The quantitative estimate of drug-likeness (QED) is 0.768. The maximum Gasteiger partial charge on any atom is 0.0705 e. The van der Waals surface area contributed by atoms with E-state index in [1.54, 1.807) is 0 Å². The molecule has 3 aromatic rings. The maximum absolute atomic E-state index is 4.42. The highest BCUT2D eigenvalue weighted by Gasteiger charge is 2.05. The summed E-state index contributed by atoms with van der Waals surface area (Å²) in [6, 6.07) is 14.7. The molecule has 20 heavy (non-hydrogen) atoms. The largest absolute Gasteiger partial charge is 0.346 e. The lowest BCUT2D eigenvalue weighted by Gasteiger charge is -2.11. The van der Waals surface area contributed by atoms with Crippen molar-refractivity contribution in [1.82, 2.24) is 14.9 Å². The minimum absolute atomic E-state index is 0.886. The van der Waals surface area contributed by atoms with Gasteiger partial charge in [-0.25, -0.2) is 0 Å². The minimum atomic E-state index is 0.886. The van der Waals surface area contributed by atoms with Crippen molar-refractivity contribution < 1.29 is 0 Å². The highest BCUT2D eigenvalue weighted by Crippen LogP contribution is 2.18. The molecule has 0 spiro atoms. The fourth-order valence-corrected chi connectivity index (χ4v) is 2.49. The molecule has 1 N–H and O–H groups in total. The second-order valence-electron chi connectivity index (χ2n) is 4.89. The van der Waals surface area contributed by atoms with Gasteiger partial charge >= 0.3 is 0 Å². The van der Waals surface area contributed by atoms with Gasteiger partial charge in [-0.05, 0) is 36.4 Å². The predicted molar refractivity (Wildman–Crippen MR) is 82.7 cm³/mol. The van der Waals surface area contributed by atoms with Crippen molar-refractivity contribution in [3.8, 4) is 0 Å². The van der Waals surface area contributed by atoms with Gasteiger partial charge in [0, 0.05) is 36.6 Å². The van der Waals surface area contributed by atoms with Crippen molar-refractivity contribution >= 4 is 10.9 Å². The Hall–Kier alpha value is -2.13. The van der Waals surface area contributed by atoms with E-state index in [1.165, 1.54) is 16.6 Å². The third-order valence-electron chi connectivity index (χ3n) is 3.56. The fraction of sp³-hybridized carbons (Fsp3) is 0.235. The van der Waals surface area contributed by atoms with E-state index in [1.807, 2.05) is 12.3 Å². The number of nitrogens with one attached hydrogen (secondary N) is 1. The molecule has 3 rings (SSSR count). The zero-order valence-corrected chi connectivity index (χ0v) is 11.7. The molecule has 0 aliphatic heterocycles. The van der Waals surface area contributed by atoms with Gasteiger partial charge in [0.1, 0.15) is 0 Å². The van der Waals surface area contributed by atoms with Crippen LogP contribution in [0.5, 0.6) is 0 Å². The van der Waals surface area contributed by atoms with Crippen LogP contribution in [0.1, 0.15) is 18.2 Å². The number of rotatable bonds is 5. The van der Waals surface area contributed by atoms with Crippen LogP contribution in [-0.4, -0.2) is 16.1 Å². The molecule has 0 saturated heterocycles. The van der Waals surface area contributed by atoms with Gasteiger partial charge < -0.3 is 9.88 Å². The van der Waals surface area contributed by atoms with Crippen molar-refractivity contribution in [3.05, 3.63) is 66.1 Å². The van der Waals surface area contributed by atoms with E-state index < -0.39 is 0 Å². The fourth-order valence-electron chi connectivity index (χ4n) is 2.49. The Kier molecular flexibility index (Phi) is 3.79. The van der Waals surface area contributed by atoms with Crippen LogP contribution in [0.2, 0.25) is 0 Å². The van der Waals surface area contributed by atoms with E-state index in [9.17, 15) is 0 Å². The molecular weight excluding hydrogens is 246 g/mol. The summed E-state index contributed by atoms with van der Waals surface area (Å²) in [6.07, 6.45) is 4.03. The van der Waals surface area contributed by atoms with Crippen LogP contribution in [0, 0.1) is 0 Å². The average molecular weight is 265 g/mol. The van der Waals surface area contributed by atoms with Crippen LogP contribution in [-0.2, 0) is 13.1 Å². The maximum atomic E-state index is 4.42. The first kappa shape index (κ1) is 12.9. The number of nitrogens with zero attached hydrogens (tertiary/aromatic N) is 2. The average Bonchev–Trinajstić information content (AvgIpc) is 2.93. The predicted octanol–water partition coefficient (Wildman–Crippen LogP) is 3.19. The Balaban J connectivity index is 1.92. The number of fused-ring (bicyclic) bond motifs is 1. The number of hydrogen-bond donors (Lipinski definition) is 1. The summed E-state index contributed by atoms with van der Waals surface area (Å²) in [6.45, 7) is 4.91. The van der Waals surface area contributed by atoms with Crippen molar-refractivity contribution in [2.75, 3.05) is 6.54 Å². The summed E-state index contributed by atoms with van der Waals surface area (Å²) in [5.74, 6) is 0. The lowest BCUT2D eigenvalue weighted by Crippen LogP contribution is -2.15. The zero-order chi connectivity index (χ0) is 13.8. The number of para-hydroxylation sites is 1. The van der Waals surface area contributed by atoms with Gasteiger partial charge in [-0.2, -0.15) is 0 Å². The lowest BCUT2D eigenvalue weighted by atomic mass is 10.1. The molecule has 0 atom stereocenters. The summed E-state index contributed by atoms with van der Waals surface area (Å²) in [5.41, 5.74) is 3.68. The SMILES string of the molecule is CCNCc1cccn1Cc1ccnc2ccccc12. The molecule has 2 heterocycles. The van der Waals surface area contributed by atoms with Gasteiger partial charge in [-0.1, -0.05) is 25.1 Å². The molecule has 2 aromatic heterocycles. The summed E-state index contributed by atoms with van der Waals surface area (Å²) in [4.78, 5) is 4.42. The van der Waals surface area contributed by atoms with E-state index in [-0.39, 0.29) is 0 Å². The van der Waals surface area contributed by atoms with Gasteiger partial charge in [0.2, 0.25) is 0 Å². The van der Waals surface area contributed by atoms with Gasteiger partial charge in [0.05, 0.1) is 5.52 Å². The number of benzene rings is 1. The van der Waals surface area contributed by atoms with Gasteiger partial charge in [-0.15, -0.1) is 0 Å². The van der Waals surface area contributed by atoms with Crippen molar-refractivity contribution in [3.63, 3.8) is 0 Å². The van der Waals surface area contributed by atoms with Crippen LogP contribution in [0.4, 0.5) is 0 Å². The van der Waals surface area contributed by atoms with Crippen LogP contribution in [0.3, 0.4) is 0 Å². The number of hydrogen-bond acceptors (Lipinski definition) is 2. The second kappa shape index (κ2) is 5.88. The van der Waals surface area contributed by atoms with Crippen molar-refractivity contribution in [1.29, 1.82) is 0 Å². The Morgan fingerprint density at radius 3 is 2.90 bits per heavy atom. The van der Waals surface area contributed by atoms with Gasteiger partial charge in [0.25, 0.3) is 0 Å². The Morgan fingerprint density at radius 2 is 2.00 bits per heavy atom. The third kappa shape index (κ3) is 2.58. The Bertz CT molecular complexity index is 695. The molecular formula is C17H19N3. The molecule has 0 unspecified atom stereocenters. The van der Waals surface area contributed by atoms with Crippen molar-refractivity contribution in [2.45, 2.75) is 20.0 Å². The molecule has 0 amide bonds. The normalized spacial score (nSPS) is 11.1. The third-order valence-corrected chi connectivity index (χ3v) is 3.56. The van der Waals surface area contributed by atoms with Crippen LogP contribution in [0.15, 0.2) is 54.9 Å². The molecule has 0 bridgehead atoms. The molecule has 3 nitrogen and oxygen atoms in total. The first-order valence-corrected chi connectivity index (χ1v) is 7.06. The van der Waals surface area contributed by atoms with Crippen LogP contribution < -0.4 is 5.32 Å². The summed E-state index contributed by atoms with van der Waals surface area (Å²) >= 11 is 0. The summed E-state index contributed by atoms with van der Waals surface area (Å²) < 4.78 is 2.30. The lowest BCUT2D eigenvalue weighted by molar-refractivity contribution is 0.658. The topological polar surface area (TPSA) is 29.9 Å². The van der Waals surface area contributed by atoms with Gasteiger partial charge in [0.15, 0.2) is 0 Å². The highest BCUT2D eigenvalue weighted by atomic mass is 15.0. The minimum Gasteiger partial charge on any atom is -0.346 e. The van der Waals surface area contributed by atoms with Crippen LogP contribution >= 0.6 is 0 Å². The van der Waals surface area contributed by atoms with Gasteiger partial charge in [-0.3, -0.25) is 4.98 Å². The molecule has 3 heteroatoms. The molecule has 102 valence electrons. The molecule has 0 saturated carbocycles. The number of pyridine rings is 1. The Labute approximate surface area is 119 Å². The molecule has 0 aliphatic rings. The standard InChI is InChI=1S/C17H19N3/c1-2-18-12-15-6-5-11-20(15)13-14-9-10-19-17-8-4-3-7-16(14)17/h3-11,18H,2,12-13H2,1H3. The first-order chi connectivity index (χ1) is 9.88. The Morgan fingerprint density at radius 1 is 1.10 bits per heavy atom. The first-order valence-electron chi connectivity index (χ1n) is 7.06. The molecule has 0 fully saturated rings. The number of aromatic nitrogens is 2. The molecule has 1 aromatic carbocycles. The van der Waals surface area contributed by atoms with E-state index in [0.29, 0.717) is 0 Å². The van der Waals surface area contributed by atoms with E-state index in [4.69, 9.17) is 0 Å². The van der Waals surface area contributed by atoms with Crippen molar-refractivity contribution in [2.24, 2.45) is 0 Å². The summed E-state index contributed by atoms with van der Waals surface area (Å²) in [7, 11) is 0. The van der Waals surface area contributed by atoms with E-state index in [2.05, 4.69) is 64.4 Å². The zero-order valence-electron chi connectivity index (χ0n) is 11.7. The molecule has 0 aliphatic carbocycles.